The summed E-state index contributed by atoms with van der Waals surface area (Å²) >= 11 is 0. The third-order valence-electron chi connectivity index (χ3n) is 7.12. The van der Waals surface area contributed by atoms with Crippen molar-refractivity contribution < 1.29 is 19.2 Å². The van der Waals surface area contributed by atoms with Gasteiger partial charge in [-0.15, -0.1) is 0 Å². The molecule has 4 aromatic rings. The molecule has 4 heterocycles. The van der Waals surface area contributed by atoms with Gasteiger partial charge in [0.15, 0.2) is 0 Å². The van der Waals surface area contributed by atoms with Crippen LogP contribution in [0, 0.1) is 0 Å². The fourth-order valence-corrected chi connectivity index (χ4v) is 4.91. The zero-order valence-electron chi connectivity index (χ0n) is 23.6. The molecule has 2 bridgehead atoms. The standard InChI is InChI=1S/C31H34N8O4/c40-28-20-39(31(43)25-10-3-4-13-32-25)17-6-5-14-35-29(41)26(18-21-19-36-23-9-2-1-8-22(21)23)38-30(42)24-11-7-12-27(37-24)33-15-16-34-28/h1-4,7-13,19,26,36H,5-6,14-18,20H2,(H,33,37)(H,34,40)(H,35,41)(H,38,42)/t26-/m0/s1. The molecule has 0 unspecified atom stereocenters. The number of nitrogens with zero attached hydrogens (tertiary/aromatic N) is 3. The Kier molecular flexibility index (Phi) is 9.57. The summed E-state index contributed by atoms with van der Waals surface area (Å²) in [6.07, 6.45) is 4.76. The van der Waals surface area contributed by atoms with E-state index in [4.69, 9.17) is 0 Å². The van der Waals surface area contributed by atoms with E-state index in [0.717, 1.165) is 16.5 Å². The van der Waals surface area contributed by atoms with Crippen LogP contribution in [0.15, 0.2) is 73.1 Å². The second-order valence-electron chi connectivity index (χ2n) is 10.2. The van der Waals surface area contributed by atoms with E-state index in [-0.39, 0.29) is 48.6 Å². The molecule has 3 aromatic heterocycles. The fourth-order valence-electron chi connectivity index (χ4n) is 4.91. The van der Waals surface area contributed by atoms with Crippen LogP contribution in [0.3, 0.4) is 0 Å². The van der Waals surface area contributed by atoms with Gasteiger partial charge in [0.2, 0.25) is 11.8 Å². The molecule has 0 aliphatic carbocycles. The summed E-state index contributed by atoms with van der Waals surface area (Å²) in [6.45, 7) is 1.15. The summed E-state index contributed by atoms with van der Waals surface area (Å²) in [5.74, 6) is -1.00. The SMILES string of the molecule is O=C1CN(C(=O)c2ccccn2)CCCCNC(=O)[C@H](Cc2c[nH]c3ccccc23)NC(=O)c2cccc(n2)NCCN1. The Hall–Kier alpha value is -5.26. The van der Waals surface area contributed by atoms with E-state index >= 15 is 0 Å². The first kappa shape index (κ1) is 29.2. The summed E-state index contributed by atoms with van der Waals surface area (Å²) in [6, 6.07) is 17.0. The molecule has 5 N–H and O–H groups in total. The molecule has 1 atom stereocenters. The quantitative estimate of drug-likeness (QED) is 0.246. The minimum Gasteiger partial charge on any atom is -0.368 e. The van der Waals surface area contributed by atoms with E-state index in [1.54, 1.807) is 36.4 Å². The average molecular weight is 583 g/mol. The van der Waals surface area contributed by atoms with E-state index in [1.165, 1.54) is 11.1 Å². The highest BCUT2D eigenvalue weighted by molar-refractivity contribution is 5.97. The summed E-state index contributed by atoms with van der Waals surface area (Å²) in [4.78, 5) is 65.7. The number of aromatic nitrogens is 3. The normalized spacial score (nSPS) is 17.4. The van der Waals surface area contributed by atoms with Gasteiger partial charge in [-0.1, -0.05) is 30.3 Å². The molecule has 4 amide bonds. The van der Waals surface area contributed by atoms with Crippen molar-refractivity contribution in [3.8, 4) is 0 Å². The van der Waals surface area contributed by atoms with Gasteiger partial charge in [-0.3, -0.25) is 24.2 Å². The van der Waals surface area contributed by atoms with Gasteiger partial charge < -0.3 is 31.2 Å². The summed E-state index contributed by atoms with van der Waals surface area (Å²) in [7, 11) is 0. The van der Waals surface area contributed by atoms with E-state index in [2.05, 4.69) is 36.2 Å². The van der Waals surface area contributed by atoms with Gasteiger partial charge in [0.05, 0.1) is 6.54 Å². The molecule has 12 heteroatoms. The molecule has 1 aliphatic rings. The third kappa shape index (κ3) is 7.73. The van der Waals surface area contributed by atoms with Crippen LogP contribution in [0.4, 0.5) is 5.82 Å². The Morgan fingerprint density at radius 2 is 1.72 bits per heavy atom. The summed E-state index contributed by atoms with van der Waals surface area (Å²) in [5.41, 5.74) is 2.26. The van der Waals surface area contributed by atoms with Gasteiger partial charge in [0.25, 0.3) is 11.8 Å². The maximum atomic E-state index is 13.4. The molecule has 0 radical (unpaired) electrons. The number of hydrogen-bond acceptors (Lipinski definition) is 7. The second kappa shape index (κ2) is 14.1. The van der Waals surface area contributed by atoms with Gasteiger partial charge in [-0.05, 0) is 48.7 Å². The molecule has 0 fully saturated rings. The zero-order chi connectivity index (χ0) is 30.0. The highest BCUT2D eigenvalue weighted by Crippen LogP contribution is 2.19. The Balaban J connectivity index is 1.34. The second-order valence-corrected chi connectivity index (χ2v) is 10.2. The molecule has 5 rings (SSSR count). The van der Waals surface area contributed by atoms with Crippen LogP contribution in [-0.2, 0) is 16.0 Å². The zero-order valence-corrected chi connectivity index (χ0v) is 23.6. The van der Waals surface area contributed by atoms with Crippen molar-refractivity contribution >= 4 is 40.3 Å². The summed E-state index contributed by atoms with van der Waals surface area (Å²) in [5, 5.41) is 12.7. The van der Waals surface area contributed by atoms with Crippen molar-refractivity contribution in [1.29, 1.82) is 0 Å². The Bertz CT molecular complexity index is 1590. The monoisotopic (exact) mass is 582 g/mol. The lowest BCUT2D eigenvalue weighted by molar-refractivity contribution is -0.123. The number of H-pyrrole nitrogens is 1. The molecule has 0 saturated carbocycles. The van der Waals surface area contributed by atoms with E-state index in [1.807, 2.05) is 30.5 Å². The van der Waals surface area contributed by atoms with Gasteiger partial charge >= 0.3 is 0 Å². The largest absolute Gasteiger partial charge is 0.368 e. The molecule has 43 heavy (non-hydrogen) atoms. The number of fused-ring (bicyclic) bond motifs is 3. The predicted molar refractivity (Wildman–Crippen MR) is 161 cm³/mol. The van der Waals surface area contributed by atoms with Crippen molar-refractivity contribution in [2.24, 2.45) is 0 Å². The maximum Gasteiger partial charge on any atom is 0.272 e. The first-order chi connectivity index (χ1) is 21.0. The lowest BCUT2D eigenvalue weighted by Crippen LogP contribution is -2.48. The lowest BCUT2D eigenvalue weighted by atomic mass is 10.0. The number of carbonyl (C=O) groups excluding carboxylic acids is 4. The first-order valence-electron chi connectivity index (χ1n) is 14.3. The van der Waals surface area contributed by atoms with Crippen LogP contribution in [0.2, 0.25) is 0 Å². The van der Waals surface area contributed by atoms with Gasteiger partial charge in [-0.25, -0.2) is 4.98 Å². The number of amides is 4. The number of para-hydroxylation sites is 1. The van der Waals surface area contributed by atoms with Crippen LogP contribution in [-0.4, -0.2) is 82.2 Å². The number of pyridine rings is 2. The van der Waals surface area contributed by atoms with Crippen molar-refractivity contribution in [1.82, 2.24) is 35.8 Å². The minimum atomic E-state index is -0.851. The number of anilines is 1. The van der Waals surface area contributed by atoms with Crippen LogP contribution in [0.5, 0.6) is 0 Å². The first-order valence-corrected chi connectivity index (χ1v) is 14.3. The molecule has 0 saturated heterocycles. The lowest BCUT2D eigenvalue weighted by Gasteiger charge is -2.22. The smallest absolute Gasteiger partial charge is 0.272 e. The number of benzene rings is 1. The van der Waals surface area contributed by atoms with Crippen LogP contribution in [0.25, 0.3) is 10.9 Å². The van der Waals surface area contributed by atoms with E-state index in [9.17, 15) is 19.2 Å². The highest BCUT2D eigenvalue weighted by Gasteiger charge is 2.24. The third-order valence-corrected chi connectivity index (χ3v) is 7.12. The maximum absolute atomic E-state index is 13.4. The van der Waals surface area contributed by atoms with E-state index < -0.39 is 11.9 Å². The Morgan fingerprint density at radius 3 is 2.58 bits per heavy atom. The number of rotatable bonds is 3. The van der Waals surface area contributed by atoms with Gasteiger partial charge in [0.1, 0.15) is 23.2 Å². The van der Waals surface area contributed by atoms with Gasteiger partial charge in [-0.2, -0.15) is 0 Å². The van der Waals surface area contributed by atoms with Crippen molar-refractivity contribution in [3.63, 3.8) is 0 Å². The molecule has 222 valence electrons. The topological polar surface area (TPSA) is 161 Å². The molecule has 1 aromatic carbocycles. The number of carbonyl (C=O) groups is 4. The van der Waals surface area contributed by atoms with E-state index in [0.29, 0.717) is 38.3 Å². The van der Waals surface area contributed by atoms with Crippen LogP contribution < -0.4 is 21.3 Å². The van der Waals surface area contributed by atoms with Crippen LogP contribution >= 0.6 is 0 Å². The minimum absolute atomic E-state index is 0.124. The van der Waals surface area contributed by atoms with Crippen molar-refractivity contribution in [2.75, 3.05) is 38.0 Å². The van der Waals surface area contributed by atoms with Crippen LogP contribution in [0.1, 0.15) is 39.4 Å². The average Bonchev–Trinajstić information content (AvgIpc) is 3.44. The van der Waals surface area contributed by atoms with Gasteiger partial charge in [0, 0.05) is 55.9 Å². The Morgan fingerprint density at radius 1 is 0.884 bits per heavy atom. The number of aromatic amines is 1. The fraction of sp³-hybridized carbons (Fsp3) is 0.290. The van der Waals surface area contributed by atoms with Crippen molar-refractivity contribution in [3.05, 3.63) is 90.0 Å². The molecular weight excluding hydrogens is 548 g/mol. The molecule has 12 nitrogen and oxygen atoms in total. The molecule has 1 aliphatic heterocycles. The molecule has 0 spiro atoms. The highest BCUT2D eigenvalue weighted by atomic mass is 16.2. The van der Waals surface area contributed by atoms with Crippen molar-refractivity contribution in [2.45, 2.75) is 25.3 Å². The molecular formula is C31H34N8O4. The summed E-state index contributed by atoms with van der Waals surface area (Å²) < 4.78 is 0. The number of hydrogen-bond donors (Lipinski definition) is 5. The Labute approximate surface area is 248 Å². The number of nitrogens with one attached hydrogen (secondary N) is 5. The predicted octanol–water partition coefficient (Wildman–Crippen LogP) is 1.88.